The first-order valence-corrected chi connectivity index (χ1v) is 6.04. The third-order valence-corrected chi connectivity index (χ3v) is 2.48. The van der Waals surface area contributed by atoms with E-state index in [4.69, 9.17) is 9.47 Å². The van der Waals surface area contributed by atoms with Gasteiger partial charge in [0.25, 0.3) is 5.91 Å². The number of benzene rings is 1. The molecule has 0 unspecified atom stereocenters. The van der Waals surface area contributed by atoms with Gasteiger partial charge in [0.05, 0.1) is 6.61 Å². The number of rotatable bonds is 6. The molecule has 0 aliphatic carbocycles. The number of hydrogen-bond acceptors (Lipinski definition) is 3. The van der Waals surface area contributed by atoms with Gasteiger partial charge in [-0.05, 0) is 44.0 Å². The lowest BCUT2D eigenvalue weighted by atomic mass is 10.1. The second-order valence-electron chi connectivity index (χ2n) is 4.37. The Morgan fingerprint density at radius 2 is 1.89 bits per heavy atom. The number of methoxy groups -OCH3 is 1. The summed E-state index contributed by atoms with van der Waals surface area (Å²) in [5.74, 6) is 0.591. The van der Waals surface area contributed by atoms with E-state index in [2.05, 4.69) is 11.4 Å². The summed E-state index contributed by atoms with van der Waals surface area (Å²) in [4.78, 5) is 11.7. The van der Waals surface area contributed by atoms with Crippen molar-refractivity contribution in [3.8, 4) is 5.75 Å². The second kappa shape index (κ2) is 7.01. The zero-order valence-electron chi connectivity index (χ0n) is 11.4. The van der Waals surface area contributed by atoms with Gasteiger partial charge in [0.1, 0.15) is 5.75 Å². The maximum atomic E-state index is 11.7. The van der Waals surface area contributed by atoms with Gasteiger partial charge in [0.2, 0.25) is 0 Å². The van der Waals surface area contributed by atoms with Crippen LogP contribution in [0.2, 0.25) is 0 Å². The number of nitrogens with one attached hydrogen (secondary N) is 1. The molecular weight excluding hydrogens is 230 g/mol. The van der Waals surface area contributed by atoms with Crippen LogP contribution >= 0.6 is 0 Å². The predicted octanol–water partition coefficient (Wildman–Crippen LogP) is 1.83. The molecule has 0 aliphatic heterocycles. The Bertz CT molecular complexity index is 384. The Morgan fingerprint density at radius 3 is 2.44 bits per heavy atom. The largest absolute Gasteiger partial charge is 0.481 e. The van der Waals surface area contributed by atoms with Gasteiger partial charge in [-0.2, -0.15) is 0 Å². The van der Waals surface area contributed by atoms with E-state index in [-0.39, 0.29) is 5.91 Å². The molecule has 1 aromatic rings. The van der Waals surface area contributed by atoms with Crippen molar-refractivity contribution in [3.63, 3.8) is 0 Å². The van der Waals surface area contributed by atoms with E-state index in [1.54, 1.807) is 14.0 Å². The number of ether oxygens (including phenoxy) is 2. The van der Waals surface area contributed by atoms with E-state index >= 15 is 0 Å². The van der Waals surface area contributed by atoms with Crippen LogP contribution in [0.25, 0.3) is 0 Å². The third kappa shape index (κ3) is 4.75. The molecule has 18 heavy (non-hydrogen) atoms. The number of carbonyl (C=O) groups is 1. The van der Waals surface area contributed by atoms with Crippen LogP contribution in [0.1, 0.15) is 18.1 Å². The molecule has 4 nitrogen and oxygen atoms in total. The van der Waals surface area contributed by atoms with Crippen LogP contribution < -0.4 is 10.1 Å². The van der Waals surface area contributed by atoms with Crippen molar-refractivity contribution in [1.29, 1.82) is 0 Å². The molecule has 0 heterocycles. The van der Waals surface area contributed by atoms with E-state index in [1.807, 2.05) is 26.0 Å². The van der Waals surface area contributed by atoms with Gasteiger partial charge in [-0.1, -0.05) is 6.07 Å². The first-order chi connectivity index (χ1) is 8.52. The van der Waals surface area contributed by atoms with E-state index in [1.165, 1.54) is 0 Å². The summed E-state index contributed by atoms with van der Waals surface area (Å²) < 4.78 is 10.5. The van der Waals surface area contributed by atoms with Crippen LogP contribution in [-0.4, -0.2) is 32.3 Å². The molecule has 1 amide bonds. The highest BCUT2D eigenvalue weighted by Gasteiger charge is 2.14. The minimum absolute atomic E-state index is 0.133. The molecule has 0 aromatic heterocycles. The van der Waals surface area contributed by atoms with Crippen LogP contribution in [0, 0.1) is 13.8 Å². The molecule has 4 heteroatoms. The molecular formula is C14H21NO3. The van der Waals surface area contributed by atoms with Crippen LogP contribution in [0.15, 0.2) is 18.2 Å². The Kier molecular flexibility index (Phi) is 5.65. The smallest absolute Gasteiger partial charge is 0.260 e. The monoisotopic (exact) mass is 251 g/mol. The third-order valence-electron chi connectivity index (χ3n) is 2.48. The van der Waals surface area contributed by atoms with E-state index in [0.29, 0.717) is 13.2 Å². The molecule has 0 fully saturated rings. The molecule has 1 rings (SSSR count). The Balaban J connectivity index is 2.52. The molecule has 0 bridgehead atoms. The minimum atomic E-state index is -0.511. The zero-order chi connectivity index (χ0) is 13.5. The fourth-order valence-electron chi connectivity index (χ4n) is 1.68. The summed E-state index contributed by atoms with van der Waals surface area (Å²) in [5, 5.41) is 2.74. The fraction of sp³-hybridized carbons (Fsp3) is 0.500. The van der Waals surface area contributed by atoms with Crippen LogP contribution in [0.3, 0.4) is 0 Å². The quantitative estimate of drug-likeness (QED) is 0.785. The summed E-state index contributed by atoms with van der Waals surface area (Å²) in [6.45, 7) is 6.74. The maximum absolute atomic E-state index is 11.7. The molecule has 100 valence electrons. The Labute approximate surface area is 108 Å². The van der Waals surface area contributed by atoms with E-state index in [9.17, 15) is 4.79 Å². The fourth-order valence-corrected chi connectivity index (χ4v) is 1.68. The molecule has 0 saturated carbocycles. The van der Waals surface area contributed by atoms with Crippen LogP contribution in [0.4, 0.5) is 0 Å². The van der Waals surface area contributed by atoms with E-state index < -0.39 is 6.10 Å². The number of hydrogen-bond donors (Lipinski definition) is 1. The van der Waals surface area contributed by atoms with Gasteiger partial charge in [-0.25, -0.2) is 0 Å². The SMILES string of the molecule is COCCNC(=O)[C@H](C)Oc1cc(C)cc(C)c1. The standard InChI is InChI=1S/C14H21NO3/c1-10-7-11(2)9-13(8-10)18-12(3)14(16)15-5-6-17-4/h7-9,12H,5-6H2,1-4H3,(H,15,16)/t12-/m0/s1. The summed E-state index contributed by atoms with van der Waals surface area (Å²) >= 11 is 0. The van der Waals surface area contributed by atoms with Gasteiger partial charge in [0.15, 0.2) is 6.10 Å². The van der Waals surface area contributed by atoms with Crippen molar-refractivity contribution in [1.82, 2.24) is 5.32 Å². The molecule has 0 spiro atoms. The van der Waals surface area contributed by atoms with Gasteiger partial charge in [0, 0.05) is 13.7 Å². The van der Waals surface area contributed by atoms with Crippen molar-refractivity contribution in [2.75, 3.05) is 20.3 Å². The van der Waals surface area contributed by atoms with Crippen LogP contribution in [0.5, 0.6) is 5.75 Å². The van der Waals surface area contributed by atoms with Gasteiger partial charge in [-0.15, -0.1) is 0 Å². The normalized spacial score (nSPS) is 12.0. The van der Waals surface area contributed by atoms with Gasteiger partial charge >= 0.3 is 0 Å². The first kappa shape index (κ1) is 14.5. The number of amides is 1. The van der Waals surface area contributed by atoms with Gasteiger partial charge in [-0.3, -0.25) is 4.79 Å². The Morgan fingerprint density at radius 1 is 1.28 bits per heavy atom. The number of carbonyl (C=O) groups excluding carboxylic acids is 1. The molecule has 1 atom stereocenters. The molecule has 0 saturated heterocycles. The lowest BCUT2D eigenvalue weighted by Crippen LogP contribution is -2.37. The molecule has 0 radical (unpaired) electrons. The molecule has 1 aromatic carbocycles. The lowest BCUT2D eigenvalue weighted by molar-refractivity contribution is -0.127. The zero-order valence-corrected chi connectivity index (χ0v) is 11.4. The minimum Gasteiger partial charge on any atom is -0.481 e. The molecule has 0 aliphatic rings. The lowest BCUT2D eigenvalue weighted by Gasteiger charge is -2.15. The summed E-state index contributed by atoms with van der Waals surface area (Å²) in [5.41, 5.74) is 2.24. The van der Waals surface area contributed by atoms with Crippen molar-refractivity contribution in [3.05, 3.63) is 29.3 Å². The highest BCUT2D eigenvalue weighted by Crippen LogP contribution is 2.17. The van der Waals surface area contributed by atoms with Crippen molar-refractivity contribution in [2.24, 2.45) is 0 Å². The Hall–Kier alpha value is -1.55. The first-order valence-electron chi connectivity index (χ1n) is 6.04. The summed E-state index contributed by atoms with van der Waals surface area (Å²) in [6.07, 6.45) is -0.511. The highest BCUT2D eigenvalue weighted by atomic mass is 16.5. The molecule has 1 N–H and O–H groups in total. The van der Waals surface area contributed by atoms with E-state index in [0.717, 1.165) is 16.9 Å². The van der Waals surface area contributed by atoms with Gasteiger partial charge < -0.3 is 14.8 Å². The topological polar surface area (TPSA) is 47.6 Å². The summed E-state index contributed by atoms with van der Waals surface area (Å²) in [7, 11) is 1.60. The van der Waals surface area contributed by atoms with Crippen molar-refractivity contribution >= 4 is 5.91 Å². The average molecular weight is 251 g/mol. The summed E-state index contributed by atoms with van der Waals surface area (Å²) in [6, 6.07) is 5.91. The maximum Gasteiger partial charge on any atom is 0.260 e. The van der Waals surface area contributed by atoms with Crippen LogP contribution in [-0.2, 0) is 9.53 Å². The van der Waals surface area contributed by atoms with Crippen molar-refractivity contribution in [2.45, 2.75) is 26.9 Å². The average Bonchev–Trinajstić information content (AvgIpc) is 2.27. The van der Waals surface area contributed by atoms with Crippen molar-refractivity contribution < 1.29 is 14.3 Å². The number of aryl methyl sites for hydroxylation is 2. The highest BCUT2D eigenvalue weighted by molar-refractivity contribution is 5.80. The predicted molar refractivity (Wildman–Crippen MR) is 70.9 cm³/mol. The second-order valence-corrected chi connectivity index (χ2v) is 4.37.